The van der Waals surface area contributed by atoms with Crippen LogP contribution in [-0.4, -0.2) is 15.5 Å². The summed E-state index contributed by atoms with van der Waals surface area (Å²) in [5, 5.41) is 3.54. The number of hydrogen-bond acceptors (Lipinski definition) is 3. The lowest BCUT2D eigenvalue weighted by atomic mass is 9.90. The highest BCUT2D eigenvalue weighted by molar-refractivity contribution is 5.83. The van der Waals surface area contributed by atoms with Crippen molar-refractivity contribution in [3.63, 3.8) is 0 Å². The Morgan fingerprint density at radius 2 is 1.79 bits per heavy atom. The lowest BCUT2D eigenvalue weighted by Gasteiger charge is -2.31. The van der Waals surface area contributed by atoms with Crippen LogP contribution in [0.5, 0.6) is 0 Å². The minimum Gasteiger partial charge on any atom is -0.376 e. The van der Waals surface area contributed by atoms with E-state index in [1.165, 1.54) is 16.8 Å². The third kappa shape index (κ3) is 2.24. The molecular formula is C16H17N3. The van der Waals surface area contributed by atoms with E-state index in [1.807, 2.05) is 12.4 Å². The zero-order chi connectivity index (χ0) is 13.5. The van der Waals surface area contributed by atoms with Gasteiger partial charge in [-0.15, -0.1) is 0 Å². The van der Waals surface area contributed by atoms with Crippen molar-refractivity contribution in [2.24, 2.45) is 0 Å². The van der Waals surface area contributed by atoms with Crippen molar-refractivity contribution in [2.45, 2.75) is 26.3 Å². The van der Waals surface area contributed by atoms with Crippen LogP contribution in [0.15, 0.2) is 43.0 Å². The summed E-state index contributed by atoms with van der Waals surface area (Å²) < 4.78 is 0. The molecule has 0 atom stereocenters. The number of anilines is 1. The first-order valence-electron chi connectivity index (χ1n) is 6.43. The summed E-state index contributed by atoms with van der Waals surface area (Å²) in [4.78, 5) is 8.15. The van der Waals surface area contributed by atoms with E-state index in [9.17, 15) is 0 Å². The summed E-state index contributed by atoms with van der Waals surface area (Å²) in [6.07, 6.45) is 7.50. The Hall–Kier alpha value is -2.16. The zero-order valence-corrected chi connectivity index (χ0v) is 11.4. The molecule has 96 valence electrons. The molecule has 0 saturated carbocycles. The molecule has 1 aliphatic rings. The molecule has 1 aromatic heterocycles. The van der Waals surface area contributed by atoms with Crippen molar-refractivity contribution in [1.82, 2.24) is 9.97 Å². The van der Waals surface area contributed by atoms with E-state index in [4.69, 9.17) is 0 Å². The van der Waals surface area contributed by atoms with Crippen molar-refractivity contribution >= 4 is 11.3 Å². The molecule has 3 nitrogen and oxygen atoms in total. The van der Waals surface area contributed by atoms with Crippen LogP contribution in [0.1, 0.15) is 26.3 Å². The minimum atomic E-state index is 0.00839. The van der Waals surface area contributed by atoms with Gasteiger partial charge in [-0.1, -0.05) is 12.1 Å². The summed E-state index contributed by atoms with van der Waals surface area (Å²) in [7, 11) is 0. The average molecular weight is 251 g/mol. The summed E-state index contributed by atoms with van der Waals surface area (Å²) in [5.74, 6) is 0. The smallest absolute Gasteiger partial charge is 0.115 e. The molecule has 0 unspecified atom stereocenters. The van der Waals surface area contributed by atoms with Crippen LogP contribution in [0.3, 0.4) is 0 Å². The second-order valence-corrected chi connectivity index (χ2v) is 5.56. The van der Waals surface area contributed by atoms with Gasteiger partial charge >= 0.3 is 0 Å². The van der Waals surface area contributed by atoms with E-state index in [-0.39, 0.29) is 5.54 Å². The first-order valence-corrected chi connectivity index (χ1v) is 6.43. The van der Waals surface area contributed by atoms with Gasteiger partial charge in [0.05, 0.1) is 5.54 Å². The Kier molecular flexibility index (Phi) is 2.63. The van der Waals surface area contributed by atoms with Crippen LogP contribution in [0, 0.1) is 0 Å². The number of aromatic nitrogens is 2. The molecular weight excluding hydrogens is 234 g/mol. The standard InChI is InChI=1S/C16H17N3/c1-11-7-16(2,3)19-15-5-4-12(6-14(11)15)13-8-17-10-18-9-13/h4-10,19H,1-3H3. The molecule has 3 rings (SSSR count). The number of hydrogen-bond donors (Lipinski definition) is 1. The number of allylic oxidation sites excluding steroid dienone is 1. The molecule has 1 N–H and O–H groups in total. The molecule has 2 heterocycles. The van der Waals surface area contributed by atoms with E-state index in [0.29, 0.717) is 0 Å². The molecule has 1 aromatic carbocycles. The number of benzene rings is 1. The third-order valence-electron chi connectivity index (χ3n) is 3.37. The van der Waals surface area contributed by atoms with Gasteiger partial charge in [0.2, 0.25) is 0 Å². The predicted molar refractivity (Wildman–Crippen MR) is 78.8 cm³/mol. The maximum absolute atomic E-state index is 4.07. The maximum Gasteiger partial charge on any atom is 0.115 e. The fourth-order valence-electron chi connectivity index (χ4n) is 2.61. The topological polar surface area (TPSA) is 37.8 Å². The van der Waals surface area contributed by atoms with Gasteiger partial charge in [-0.3, -0.25) is 0 Å². The highest BCUT2D eigenvalue weighted by Crippen LogP contribution is 2.35. The van der Waals surface area contributed by atoms with Gasteiger partial charge < -0.3 is 5.32 Å². The van der Waals surface area contributed by atoms with Gasteiger partial charge in [-0.25, -0.2) is 9.97 Å². The van der Waals surface area contributed by atoms with Crippen LogP contribution in [0.25, 0.3) is 16.7 Å². The van der Waals surface area contributed by atoms with Gasteiger partial charge in [-0.05, 0) is 44.0 Å². The molecule has 2 aromatic rings. The number of rotatable bonds is 1. The SMILES string of the molecule is CC1=CC(C)(C)Nc2ccc(-c3cncnc3)cc21. The average Bonchev–Trinajstić information content (AvgIpc) is 2.38. The first kappa shape index (κ1) is 11.9. The van der Waals surface area contributed by atoms with Crippen molar-refractivity contribution in [3.8, 4) is 11.1 Å². The Morgan fingerprint density at radius 1 is 1.05 bits per heavy atom. The lowest BCUT2D eigenvalue weighted by Crippen LogP contribution is -2.31. The Labute approximate surface area is 113 Å². The maximum atomic E-state index is 4.07. The Morgan fingerprint density at radius 3 is 2.53 bits per heavy atom. The summed E-state index contributed by atoms with van der Waals surface area (Å²) in [6, 6.07) is 6.44. The molecule has 0 saturated heterocycles. The third-order valence-corrected chi connectivity index (χ3v) is 3.37. The van der Waals surface area contributed by atoms with Gasteiger partial charge in [0, 0.05) is 29.2 Å². The zero-order valence-electron chi connectivity index (χ0n) is 11.4. The van der Waals surface area contributed by atoms with Crippen LogP contribution in [0.2, 0.25) is 0 Å². The number of fused-ring (bicyclic) bond motifs is 1. The number of nitrogens with zero attached hydrogens (tertiary/aromatic N) is 2. The van der Waals surface area contributed by atoms with Gasteiger partial charge in [0.25, 0.3) is 0 Å². The molecule has 0 aliphatic carbocycles. The monoisotopic (exact) mass is 251 g/mol. The molecule has 19 heavy (non-hydrogen) atoms. The van der Waals surface area contributed by atoms with E-state index in [1.54, 1.807) is 6.33 Å². The second-order valence-electron chi connectivity index (χ2n) is 5.56. The van der Waals surface area contributed by atoms with Crippen LogP contribution in [-0.2, 0) is 0 Å². The number of nitrogens with one attached hydrogen (secondary N) is 1. The molecule has 0 fully saturated rings. The van der Waals surface area contributed by atoms with Gasteiger partial charge in [-0.2, -0.15) is 0 Å². The Bertz CT molecular complexity index is 642. The summed E-state index contributed by atoms with van der Waals surface area (Å²) in [6.45, 7) is 6.52. The lowest BCUT2D eigenvalue weighted by molar-refractivity contribution is 0.707. The summed E-state index contributed by atoms with van der Waals surface area (Å²) >= 11 is 0. The van der Waals surface area contributed by atoms with Gasteiger partial charge in [0.15, 0.2) is 0 Å². The quantitative estimate of drug-likeness (QED) is 0.838. The van der Waals surface area contributed by atoms with Crippen LogP contribution < -0.4 is 5.32 Å². The fourth-order valence-corrected chi connectivity index (χ4v) is 2.61. The normalized spacial score (nSPS) is 16.3. The van der Waals surface area contributed by atoms with Crippen LogP contribution in [0.4, 0.5) is 5.69 Å². The van der Waals surface area contributed by atoms with Crippen molar-refractivity contribution in [3.05, 3.63) is 48.6 Å². The minimum absolute atomic E-state index is 0.00839. The Balaban J connectivity index is 2.09. The second kappa shape index (κ2) is 4.19. The van der Waals surface area contributed by atoms with Crippen molar-refractivity contribution < 1.29 is 0 Å². The summed E-state index contributed by atoms with van der Waals surface area (Å²) in [5.41, 5.74) is 5.94. The van der Waals surface area contributed by atoms with E-state index in [0.717, 1.165) is 11.1 Å². The van der Waals surface area contributed by atoms with E-state index < -0.39 is 0 Å². The largest absolute Gasteiger partial charge is 0.376 e. The molecule has 0 radical (unpaired) electrons. The fraction of sp³-hybridized carbons (Fsp3) is 0.250. The predicted octanol–water partition coefficient (Wildman–Crippen LogP) is 3.75. The van der Waals surface area contributed by atoms with Crippen molar-refractivity contribution in [2.75, 3.05) is 5.32 Å². The molecule has 0 bridgehead atoms. The van der Waals surface area contributed by atoms with E-state index >= 15 is 0 Å². The highest BCUT2D eigenvalue weighted by Gasteiger charge is 2.22. The molecule has 0 spiro atoms. The molecule has 1 aliphatic heterocycles. The first-order chi connectivity index (χ1) is 9.05. The van der Waals surface area contributed by atoms with Crippen LogP contribution >= 0.6 is 0 Å². The molecule has 3 heteroatoms. The van der Waals surface area contributed by atoms with Crippen molar-refractivity contribution in [1.29, 1.82) is 0 Å². The molecule has 0 amide bonds. The van der Waals surface area contributed by atoms with E-state index in [2.05, 4.69) is 60.3 Å². The highest BCUT2D eigenvalue weighted by atomic mass is 15.0. The van der Waals surface area contributed by atoms with Gasteiger partial charge in [0.1, 0.15) is 6.33 Å².